The molecule has 1 fully saturated rings. The van der Waals surface area contributed by atoms with Crippen LogP contribution in [0, 0.1) is 11.3 Å². The highest BCUT2D eigenvalue weighted by Crippen LogP contribution is 2.36. The van der Waals surface area contributed by atoms with Crippen LogP contribution in [-0.2, 0) is 22.4 Å². The van der Waals surface area contributed by atoms with Gasteiger partial charge in [0.2, 0.25) is 5.88 Å². The number of pyridine rings is 1. The molecule has 0 spiro atoms. The van der Waals surface area contributed by atoms with Gasteiger partial charge in [-0.25, -0.2) is 4.98 Å². The standard InChI is InChI=1S/C22H23N3O3/c23-14-19-17-8-4-5-9-18(17)21(16-6-2-1-3-7-16)24-22(19)28-15-20(26)25-10-12-27-13-11-25/h1-3,6-7H,4-5,8-13,15H2. The molecule has 1 aliphatic carbocycles. The molecule has 6 nitrogen and oxygen atoms in total. The third-order valence-corrected chi connectivity index (χ3v) is 5.34. The highest BCUT2D eigenvalue weighted by Gasteiger charge is 2.25. The van der Waals surface area contributed by atoms with E-state index in [-0.39, 0.29) is 18.4 Å². The Morgan fingerprint density at radius 2 is 1.86 bits per heavy atom. The Hall–Kier alpha value is -2.91. The van der Waals surface area contributed by atoms with E-state index in [1.54, 1.807) is 4.90 Å². The Balaban J connectivity index is 1.66. The lowest BCUT2D eigenvalue weighted by Gasteiger charge is -2.27. The van der Waals surface area contributed by atoms with Crippen LogP contribution in [-0.4, -0.2) is 48.7 Å². The number of aromatic nitrogens is 1. The lowest BCUT2D eigenvalue weighted by atomic mass is 9.86. The smallest absolute Gasteiger partial charge is 0.260 e. The number of fused-ring (bicyclic) bond motifs is 1. The van der Waals surface area contributed by atoms with Crippen molar-refractivity contribution in [3.63, 3.8) is 0 Å². The highest BCUT2D eigenvalue weighted by atomic mass is 16.5. The van der Waals surface area contributed by atoms with Gasteiger partial charge in [0.25, 0.3) is 5.91 Å². The zero-order valence-corrected chi connectivity index (χ0v) is 15.8. The van der Waals surface area contributed by atoms with Gasteiger partial charge >= 0.3 is 0 Å². The normalized spacial score (nSPS) is 16.2. The van der Waals surface area contributed by atoms with E-state index in [0.717, 1.165) is 48.1 Å². The monoisotopic (exact) mass is 377 g/mol. The fraction of sp³-hybridized carbons (Fsp3) is 0.409. The van der Waals surface area contributed by atoms with Crippen molar-refractivity contribution in [1.82, 2.24) is 9.88 Å². The minimum Gasteiger partial charge on any atom is -0.467 e. The Bertz CT molecular complexity index is 899. The molecule has 1 amide bonds. The summed E-state index contributed by atoms with van der Waals surface area (Å²) in [5.41, 5.74) is 4.51. The van der Waals surface area contributed by atoms with E-state index in [0.29, 0.717) is 31.9 Å². The summed E-state index contributed by atoms with van der Waals surface area (Å²) in [5, 5.41) is 9.77. The fourth-order valence-electron chi connectivity index (χ4n) is 3.89. The van der Waals surface area contributed by atoms with Crippen molar-refractivity contribution < 1.29 is 14.3 Å². The molecule has 2 aromatic rings. The molecule has 4 rings (SSSR count). The van der Waals surface area contributed by atoms with Gasteiger partial charge in [-0.3, -0.25) is 4.79 Å². The van der Waals surface area contributed by atoms with E-state index in [1.165, 1.54) is 0 Å². The molecule has 0 unspecified atom stereocenters. The number of nitrogens with zero attached hydrogens (tertiary/aromatic N) is 3. The van der Waals surface area contributed by atoms with Crippen molar-refractivity contribution in [1.29, 1.82) is 5.26 Å². The largest absolute Gasteiger partial charge is 0.467 e. The average molecular weight is 377 g/mol. The Labute approximate surface area is 164 Å². The van der Waals surface area contributed by atoms with Crippen LogP contribution in [0.25, 0.3) is 11.3 Å². The molecule has 0 saturated carbocycles. The van der Waals surface area contributed by atoms with Crippen LogP contribution < -0.4 is 4.74 Å². The minimum absolute atomic E-state index is 0.104. The summed E-state index contributed by atoms with van der Waals surface area (Å²) in [4.78, 5) is 18.9. The van der Waals surface area contributed by atoms with Crippen molar-refractivity contribution in [2.75, 3.05) is 32.9 Å². The maximum absolute atomic E-state index is 12.4. The van der Waals surface area contributed by atoms with E-state index in [2.05, 4.69) is 6.07 Å². The second-order valence-electron chi connectivity index (χ2n) is 7.06. The van der Waals surface area contributed by atoms with Crippen molar-refractivity contribution >= 4 is 5.91 Å². The van der Waals surface area contributed by atoms with Gasteiger partial charge in [-0.2, -0.15) is 5.26 Å². The summed E-state index contributed by atoms with van der Waals surface area (Å²) in [7, 11) is 0. The molecule has 1 aromatic carbocycles. The molecule has 144 valence electrons. The number of carbonyl (C=O) groups excluding carboxylic acids is 1. The van der Waals surface area contributed by atoms with E-state index in [9.17, 15) is 10.1 Å². The van der Waals surface area contributed by atoms with Crippen LogP contribution >= 0.6 is 0 Å². The second kappa shape index (κ2) is 8.41. The number of hydrogen-bond acceptors (Lipinski definition) is 5. The summed E-state index contributed by atoms with van der Waals surface area (Å²) >= 11 is 0. The van der Waals surface area contributed by atoms with Crippen LogP contribution in [0.1, 0.15) is 29.5 Å². The molecule has 1 aliphatic heterocycles. The molecule has 1 aromatic heterocycles. The Kier molecular flexibility index (Phi) is 5.54. The average Bonchev–Trinajstić information content (AvgIpc) is 2.77. The van der Waals surface area contributed by atoms with Gasteiger partial charge in [-0.05, 0) is 36.8 Å². The fourth-order valence-corrected chi connectivity index (χ4v) is 3.89. The minimum atomic E-state index is -0.116. The van der Waals surface area contributed by atoms with Crippen LogP contribution in [0.5, 0.6) is 5.88 Å². The Morgan fingerprint density at radius 1 is 1.14 bits per heavy atom. The first-order valence-corrected chi connectivity index (χ1v) is 9.77. The molecule has 0 atom stereocenters. The molecule has 0 bridgehead atoms. The maximum Gasteiger partial charge on any atom is 0.260 e. The molecule has 0 N–H and O–H groups in total. The zero-order valence-electron chi connectivity index (χ0n) is 15.8. The predicted octanol–water partition coefficient (Wildman–Crippen LogP) is 2.74. The van der Waals surface area contributed by atoms with Crippen LogP contribution in [0.2, 0.25) is 0 Å². The molecular weight excluding hydrogens is 354 g/mol. The summed E-state index contributed by atoms with van der Waals surface area (Å²) in [6, 6.07) is 12.2. The SMILES string of the molecule is N#Cc1c(OCC(=O)N2CCOCC2)nc(-c2ccccc2)c2c1CCCC2. The molecule has 1 saturated heterocycles. The van der Waals surface area contributed by atoms with Crippen LogP contribution in [0.3, 0.4) is 0 Å². The number of hydrogen-bond donors (Lipinski definition) is 0. The number of benzene rings is 1. The van der Waals surface area contributed by atoms with Crippen molar-refractivity contribution in [2.24, 2.45) is 0 Å². The van der Waals surface area contributed by atoms with Gasteiger partial charge in [0, 0.05) is 18.7 Å². The molecule has 28 heavy (non-hydrogen) atoms. The van der Waals surface area contributed by atoms with Crippen molar-refractivity contribution in [2.45, 2.75) is 25.7 Å². The number of carbonyl (C=O) groups is 1. The number of ether oxygens (including phenoxy) is 2. The number of morpholine rings is 1. The quantitative estimate of drug-likeness (QED) is 0.819. The van der Waals surface area contributed by atoms with Gasteiger partial charge < -0.3 is 14.4 Å². The maximum atomic E-state index is 12.4. The first kappa shape index (κ1) is 18.5. The summed E-state index contributed by atoms with van der Waals surface area (Å²) < 4.78 is 11.1. The van der Waals surface area contributed by atoms with Gasteiger partial charge in [0.15, 0.2) is 6.61 Å². The van der Waals surface area contributed by atoms with Gasteiger partial charge in [0.1, 0.15) is 11.6 Å². The summed E-state index contributed by atoms with van der Waals surface area (Å²) in [6.45, 7) is 2.12. The van der Waals surface area contributed by atoms with Crippen LogP contribution in [0.15, 0.2) is 30.3 Å². The highest BCUT2D eigenvalue weighted by molar-refractivity contribution is 5.78. The van der Waals surface area contributed by atoms with E-state index in [1.807, 2.05) is 30.3 Å². The third kappa shape index (κ3) is 3.71. The van der Waals surface area contributed by atoms with E-state index >= 15 is 0 Å². The van der Waals surface area contributed by atoms with Crippen molar-refractivity contribution in [3.8, 4) is 23.2 Å². The number of nitriles is 1. The molecule has 6 heteroatoms. The lowest BCUT2D eigenvalue weighted by Crippen LogP contribution is -2.43. The second-order valence-corrected chi connectivity index (χ2v) is 7.06. The molecule has 2 heterocycles. The summed E-state index contributed by atoms with van der Waals surface area (Å²) in [6.07, 6.45) is 3.89. The topological polar surface area (TPSA) is 75.5 Å². The Morgan fingerprint density at radius 3 is 2.57 bits per heavy atom. The summed E-state index contributed by atoms with van der Waals surface area (Å²) in [5.74, 6) is 0.164. The molecule has 0 radical (unpaired) electrons. The van der Waals surface area contributed by atoms with Crippen molar-refractivity contribution in [3.05, 3.63) is 47.0 Å². The third-order valence-electron chi connectivity index (χ3n) is 5.34. The number of amides is 1. The van der Waals surface area contributed by atoms with Crippen LogP contribution in [0.4, 0.5) is 0 Å². The zero-order chi connectivity index (χ0) is 19.3. The van der Waals surface area contributed by atoms with Gasteiger partial charge in [-0.1, -0.05) is 30.3 Å². The molecular formula is C22H23N3O3. The number of rotatable bonds is 4. The van der Waals surface area contributed by atoms with E-state index in [4.69, 9.17) is 14.5 Å². The lowest BCUT2D eigenvalue weighted by molar-refractivity contribution is -0.137. The first-order chi connectivity index (χ1) is 13.8. The van der Waals surface area contributed by atoms with Gasteiger partial charge in [-0.15, -0.1) is 0 Å². The predicted molar refractivity (Wildman–Crippen MR) is 104 cm³/mol. The van der Waals surface area contributed by atoms with Gasteiger partial charge in [0.05, 0.1) is 18.9 Å². The first-order valence-electron chi connectivity index (χ1n) is 9.77. The van der Waals surface area contributed by atoms with E-state index < -0.39 is 0 Å². The molecule has 2 aliphatic rings.